The summed E-state index contributed by atoms with van der Waals surface area (Å²) in [6, 6.07) is 14.9. The third-order valence-corrected chi connectivity index (χ3v) is 5.25. The van der Waals surface area contributed by atoms with Crippen LogP contribution in [0, 0.1) is 6.92 Å². The summed E-state index contributed by atoms with van der Waals surface area (Å²) >= 11 is 0. The predicted molar refractivity (Wildman–Crippen MR) is 117 cm³/mol. The summed E-state index contributed by atoms with van der Waals surface area (Å²) in [6.45, 7) is 5.68. The van der Waals surface area contributed by atoms with Crippen LogP contribution in [0.1, 0.15) is 47.7 Å². The quantitative estimate of drug-likeness (QED) is 0.727. The lowest BCUT2D eigenvalue weighted by atomic mass is 10.1. The van der Waals surface area contributed by atoms with Gasteiger partial charge in [0.05, 0.1) is 0 Å². The molecule has 3 amide bonds. The first-order valence-corrected chi connectivity index (χ1v) is 10.5. The third kappa shape index (κ3) is 5.47. The van der Waals surface area contributed by atoms with E-state index in [0.29, 0.717) is 25.1 Å². The monoisotopic (exact) mass is 407 g/mol. The first-order chi connectivity index (χ1) is 14.5. The molecule has 6 nitrogen and oxygen atoms in total. The van der Waals surface area contributed by atoms with Gasteiger partial charge in [-0.3, -0.25) is 14.4 Å². The van der Waals surface area contributed by atoms with E-state index in [1.165, 1.54) is 0 Å². The van der Waals surface area contributed by atoms with E-state index in [1.807, 2.05) is 61.2 Å². The Balaban J connectivity index is 1.68. The molecule has 30 heavy (non-hydrogen) atoms. The third-order valence-electron chi connectivity index (χ3n) is 5.25. The zero-order valence-electron chi connectivity index (χ0n) is 17.7. The molecule has 1 heterocycles. The van der Waals surface area contributed by atoms with Gasteiger partial charge in [0.25, 0.3) is 5.91 Å². The van der Waals surface area contributed by atoms with Gasteiger partial charge in [0, 0.05) is 37.3 Å². The highest BCUT2D eigenvalue weighted by Crippen LogP contribution is 2.17. The molecule has 6 heteroatoms. The zero-order chi connectivity index (χ0) is 21.5. The van der Waals surface area contributed by atoms with Crippen molar-refractivity contribution in [3.05, 3.63) is 65.2 Å². The van der Waals surface area contributed by atoms with Gasteiger partial charge in [0.1, 0.15) is 6.54 Å². The number of benzene rings is 2. The maximum absolute atomic E-state index is 13.1. The number of carbonyl (C=O) groups is 3. The summed E-state index contributed by atoms with van der Waals surface area (Å²) in [4.78, 5) is 41.0. The number of para-hydroxylation sites is 1. The average Bonchev–Trinajstić information content (AvgIpc) is 3.13. The summed E-state index contributed by atoms with van der Waals surface area (Å²) in [5.74, 6) is -0.233. The second-order valence-corrected chi connectivity index (χ2v) is 7.71. The minimum absolute atomic E-state index is 0.00412. The van der Waals surface area contributed by atoms with Crippen LogP contribution in [0.2, 0.25) is 0 Å². The molecular weight excluding hydrogens is 378 g/mol. The van der Waals surface area contributed by atoms with Crippen molar-refractivity contribution in [2.75, 3.05) is 25.0 Å². The average molecular weight is 408 g/mol. The standard InChI is InChI=1S/C24H29N3O3/c1-3-13-27(17-22(28)25-21-11-5-4-8-18(21)2)24(30)20-10-6-9-19(15-20)16-26-14-7-12-23(26)29/h4-6,8-11,15H,3,7,12-14,16-17H2,1-2H3,(H,25,28). The predicted octanol–water partition coefficient (Wildman–Crippen LogP) is 3.61. The normalized spacial score (nSPS) is 13.4. The number of hydrogen-bond donors (Lipinski definition) is 1. The fraction of sp³-hybridized carbons (Fsp3) is 0.375. The number of nitrogens with one attached hydrogen (secondary N) is 1. The second kappa shape index (κ2) is 10.1. The molecule has 0 bridgehead atoms. The largest absolute Gasteiger partial charge is 0.338 e. The van der Waals surface area contributed by atoms with E-state index in [1.54, 1.807) is 11.0 Å². The van der Waals surface area contributed by atoms with Crippen LogP contribution in [-0.2, 0) is 16.1 Å². The van der Waals surface area contributed by atoms with Gasteiger partial charge in [-0.15, -0.1) is 0 Å². The molecule has 1 saturated heterocycles. The lowest BCUT2D eigenvalue weighted by molar-refractivity contribution is -0.128. The van der Waals surface area contributed by atoms with Crippen LogP contribution in [0.4, 0.5) is 5.69 Å². The van der Waals surface area contributed by atoms with Crippen molar-refractivity contribution in [2.45, 2.75) is 39.7 Å². The number of nitrogens with zero attached hydrogens (tertiary/aromatic N) is 2. The van der Waals surface area contributed by atoms with Crippen molar-refractivity contribution < 1.29 is 14.4 Å². The van der Waals surface area contributed by atoms with E-state index in [2.05, 4.69) is 5.32 Å². The fourth-order valence-corrected chi connectivity index (χ4v) is 3.68. The summed E-state index contributed by atoms with van der Waals surface area (Å²) in [5, 5.41) is 2.89. The fourth-order valence-electron chi connectivity index (χ4n) is 3.68. The highest BCUT2D eigenvalue weighted by atomic mass is 16.2. The SMILES string of the molecule is CCCN(CC(=O)Nc1ccccc1C)C(=O)c1cccc(CN2CCCC2=O)c1. The molecule has 1 fully saturated rings. The molecule has 0 aromatic heterocycles. The van der Waals surface area contributed by atoms with E-state index in [9.17, 15) is 14.4 Å². The number of anilines is 1. The van der Waals surface area contributed by atoms with Crippen LogP contribution in [0.5, 0.6) is 0 Å². The minimum atomic E-state index is -0.218. The molecule has 0 unspecified atom stereocenters. The van der Waals surface area contributed by atoms with Crippen LogP contribution in [-0.4, -0.2) is 47.2 Å². The number of amides is 3. The Morgan fingerprint density at radius 2 is 1.93 bits per heavy atom. The lowest BCUT2D eigenvalue weighted by Crippen LogP contribution is -2.38. The summed E-state index contributed by atoms with van der Waals surface area (Å²) in [5.41, 5.74) is 3.19. The van der Waals surface area contributed by atoms with Crippen LogP contribution >= 0.6 is 0 Å². The van der Waals surface area contributed by atoms with Crippen molar-refractivity contribution in [3.63, 3.8) is 0 Å². The van der Waals surface area contributed by atoms with Gasteiger partial charge in [-0.1, -0.05) is 37.3 Å². The zero-order valence-corrected chi connectivity index (χ0v) is 17.7. The minimum Gasteiger partial charge on any atom is -0.338 e. The second-order valence-electron chi connectivity index (χ2n) is 7.71. The van der Waals surface area contributed by atoms with Gasteiger partial charge in [-0.2, -0.15) is 0 Å². The van der Waals surface area contributed by atoms with Crippen LogP contribution in [0.15, 0.2) is 48.5 Å². The molecule has 1 aliphatic rings. The summed E-state index contributed by atoms with van der Waals surface area (Å²) < 4.78 is 0. The van der Waals surface area contributed by atoms with E-state index in [-0.39, 0.29) is 24.3 Å². The number of hydrogen-bond acceptors (Lipinski definition) is 3. The van der Waals surface area contributed by atoms with Crippen molar-refractivity contribution >= 4 is 23.4 Å². The van der Waals surface area contributed by atoms with Gasteiger partial charge >= 0.3 is 0 Å². The van der Waals surface area contributed by atoms with Crippen LogP contribution in [0.25, 0.3) is 0 Å². The Morgan fingerprint density at radius 3 is 2.63 bits per heavy atom. The molecule has 2 aromatic rings. The molecule has 0 atom stereocenters. The molecular formula is C24H29N3O3. The van der Waals surface area contributed by atoms with Crippen molar-refractivity contribution in [3.8, 4) is 0 Å². The van der Waals surface area contributed by atoms with Crippen molar-refractivity contribution in [1.29, 1.82) is 0 Å². The van der Waals surface area contributed by atoms with Gasteiger partial charge in [0.2, 0.25) is 11.8 Å². The molecule has 1 aliphatic heterocycles. The smallest absolute Gasteiger partial charge is 0.254 e. The first kappa shape index (κ1) is 21.6. The van der Waals surface area contributed by atoms with E-state index >= 15 is 0 Å². The van der Waals surface area contributed by atoms with Crippen LogP contribution < -0.4 is 5.32 Å². The van der Waals surface area contributed by atoms with E-state index in [4.69, 9.17) is 0 Å². The molecule has 0 spiro atoms. The summed E-state index contributed by atoms with van der Waals surface area (Å²) in [6.07, 6.45) is 2.24. The highest BCUT2D eigenvalue weighted by Gasteiger charge is 2.22. The van der Waals surface area contributed by atoms with Gasteiger partial charge in [0.15, 0.2) is 0 Å². The Kier molecular flexibility index (Phi) is 7.22. The molecule has 1 N–H and O–H groups in total. The van der Waals surface area contributed by atoms with Gasteiger partial charge < -0.3 is 15.1 Å². The Hall–Kier alpha value is -3.15. The molecule has 0 radical (unpaired) electrons. The van der Waals surface area contributed by atoms with Crippen molar-refractivity contribution in [1.82, 2.24) is 9.80 Å². The molecule has 2 aromatic carbocycles. The van der Waals surface area contributed by atoms with Gasteiger partial charge in [-0.05, 0) is 49.1 Å². The first-order valence-electron chi connectivity index (χ1n) is 10.5. The molecule has 158 valence electrons. The summed E-state index contributed by atoms with van der Waals surface area (Å²) in [7, 11) is 0. The molecule has 3 rings (SSSR count). The number of rotatable bonds is 8. The Labute approximate surface area is 177 Å². The molecule has 0 aliphatic carbocycles. The van der Waals surface area contributed by atoms with Crippen LogP contribution in [0.3, 0.4) is 0 Å². The Morgan fingerprint density at radius 1 is 1.13 bits per heavy atom. The lowest BCUT2D eigenvalue weighted by Gasteiger charge is -2.22. The molecule has 0 saturated carbocycles. The maximum atomic E-state index is 13.1. The van der Waals surface area contributed by atoms with E-state index < -0.39 is 0 Å². The topological polar surface area (TPSA) is 69.7 Å². The maximum Gasteiger partial charge on any atom is 0.254 e. The Bertz CT molecular complexity index is 925. The van der Waals surface area contributed by atoms with Crippen molar-refractivity contribution in [2.24, 2.45) is 0 Å². The number of likely N-dealkylation sites (tertiary alicyclic amines) is 1. The highest BCUT2D eigenvalue weighted by molar-refractivity contribution is 5.99. The van der Waals surface area contributed by atoms with Gasteiger partial charge in [-0.25, -0.2) is 0 Å². The number of aryl methyl sites for hydroxylation is 1. The van der Waals surface area contributed by atoms with E-state index in [0.717, 1.165) is 36.2 Å². The number of carbonyl (C=O) groups excluding carboxylic acids is 3.